The SMILES string of the molecule is CC(C)c1ccc(CCC(=O)NCCSCc2ccccc2Cl)cc1. The van der Waals surface area contributed by atoms with Gasteiger partial charge in [-0.25, -0.2) is 0 Å². The van der Waals surface area contributed by atoms with Gasteiger partial charge in [0.1, 0.15) is 0 Å². The average molecular weight is 376 g/mol. The van der Waals surface area contributed by atoms with Gasteiger partial charge in [0, 0.05) is 29.5 Å². The lowest BCUT2D eigenvalue weighted by molar-refractivity contribution is -0.120. The van der Waals surface area contributed by atoms with Crippen molar-refractivity contribution in [2.75, 3.05) is 12.3 Å². The molecule has 4 heteroatoms. The third-order valence-electron chi connectivity index (χ3n) is 4.07. The van der Waals surface area contributed by atoms with E-state index in [4.69, 9.17) is 11.6 Å². The van der Waals surface area contributed by atoms with E-state index >= 15 is 0 Å². The highest BCUT2D eigenvalue weighted by Gasteiger charge is 2.04. The van der Waals surface area contributed by atoms with E-state index in [0.717, 1.165) is 28.5 Å². The van der Waals surface area contributed by atoms with Gasteiger partial charge in [-0.1, -0.05) is 67.9 Å². The molecule has 0 radical (unpaired) electrons. The molecule has 0 saturated carbocycles. The van der Waals surface area contributed by atoms with E-state index in [9.17, 15) is 4.79 Å². The van der Waals surface area contributed by atoms with E-state index in [1.807, 2.05) is 24.3 Å². The Kier molecular flexibility index (Phi) is 8.36. The number of halogens is 1. The first-order valence-corrected chi connectivity index (χ1v) is 10.3. The third-order valence-corrected chi connectivity index (χ3v) is 5.45. The van der Waals surface area contributed by atoms with Crippen molar-refractivity contribution in [2.45, 2.75) is 38.4 Å². The van der Waals surface area contributed by atoms with Crippen LogP contribution < -0.4 is 5.32 Å². The smallest absolute Gasteiger partial charge is 0.220 e. The summed E-state index contributed by atoms with van der Waals surface area (Å²) >= 11 is 7.91. The Labute approximate surface area is 160 Å². The molecule has 2 rings (SSSR count). The van der Waals surface area contributed by atoms with Crippen LogP contribution in [0.2, 0.25) is 5.02 Å². The third kappa shape index (κ3) is 7.13. The number of carbonyl (C=O) groups excluding carboxylic acids is 1. The maximum Gasteiger partial charge on any atom is 0.220 e. The van der Waals surface area contributed by atoms with E-state index < -0.39 is 0 Å². The predicted octanol–water partition coefficient (Wildman–Crippen LogP) is 5.45. The number of hydrogen-bond acceptors (Lipinski definition) is 2. The van der Waals surface area contributed by atoms with Crippen molar-refractivity contribution < 1.29 is 4.79 Å². The zero-order chi connectivity index (χ0) is 18.1. The molecule has 0 saturated heterocycles. The summed E-state index contributed by atoms with van der Waals surface area (Å²) in [5.41, 5.74) is 3.70. The minimum atomic E-state index is 0.117. The summed E-state index contributed by atoms with van der Waals surface area (Å²) in [6, 6.07) is 16.5. The van der Waals surface area contributed by atoms with Crippen LogP contribution in [-0.4, -0.2) is 18.2 Å². The number of hydrogen-bond donors (Lipinski definition) is 1. The van der Waals surface area contributed by atoms with Crippen molar-refractivity contribution in [2.24, 2.45) is 0 Å². The van der Waals surface area contributed by atoms with Crippen molar-refractivity contribution in [1.82, 2.24) is 5.32 Å². The molecular formula is C21H26ClNOS. The van der Waals surface area contributed by atoms with Crippen molar-refractivity contribution >= 4 is 29.3 Å². The second kappa shape index (κ2) is 10.5. The molecule has 0 atom stereocenters. The van der Waals surface area contributed by atoms with E-state index in [1.54, 1.807) is 11.8 Å². The molecule has 2 aromatic carbocycles. The summed E-state index contributed by atoms with van der Waals surface area (Å²) in [5, 5.41) is 3.80. The minimum Gasteiger partial charge on any atom is -0.355 e. The lowest BCUT2D eigenvalue weighted by Gasteiger charge is -2.08. The lowest BCUT2D eigenvalue weighted by atomic mass is 10.0. The van der Waals surface area contributed by atoms with Gasteiger partial charge >= 0.3 is 0 Å². The van der Waals surface area contributed by atoms with Crippen molar-refractivity contribution in [3.8, 4) is 0 Å². The quantitative estimate of drug-likeness (QED) is 0.591. The van der Waals surface area contributed by atoms with Gasteiger partial charge < -0.3 is 5.32 Å². The number of carbonyl (C=O) groups is 1. The van der Waals surface area contributed by atoms with Crippen LogP contribution in [0.1, 0.15) is 42.9 Å². The van der Waals surface area contributed by atoms with Crippen molar-refractivity contribution in [3.63, 3.8) is 0 Å². The van der Waals surface area contributed by atoms with Crippen LogP contribution in [0.4, 0.5) is 0 Å². The molecule has 1 amide bonds. The van der Waals surface area contributed by atoms with Gasteiger partial charge in [-0.15, -0.1) is 0 Å². The van der Waals surface area contributed by atoms with Crippen LogP contribution in [0.5, 0.6) is 0 Å². The van der Waals surface area contributed by atoms with E-state index in [2.05, 4.69) is 43.4 Å². The van der Waals surface area contributed by atoms with Gasteiger partial charge in [0.15, 0.2) is 0 Å². The molecule has 0 unspecified atom stereocenters. The Balaban J connectivity index is 1.60. The zero-order valence-electron chi connectivity index (χ0n) is 14.9. The average Bonchev–Trinajstić information content (AvgIpc) is 2.61. The normalized spacial score (nSPS) is 10.9. The van der Waals surface area contributed by atoms with Gasteiger partial charge in [0.05, 0.1) is 0 Å². The van der Waals surface area contributed by atoms with Gasteiger partial charge in [-0.2, -0.15) is 11.8 Å². The molecule has 2 aromatic rings. The molecule has 2 nitrogen and oxygen atoms in total. The summed E-state index contributed by atoms with van der Waals surface area (Å²) in [5.74, 6) is 2.42. The maximum absolute atomic E-state index is 11.9. The molecule has 0 aliphatic heterocycles. The first-order chi connectivity index (χ1) is 12.1. The van der Waals surface area contributed by atoms with Crippen molar-refractivity contribution in [3.05, 3.63) is 70.2 Å². The first-order valence-electron chi connectivity index (χ1n) is 8.73. The minimum absolute atomic E-state index is 0.117. The second-order valence-corrected chi connectivity index (χ2v) is 7.90. The maximum atomic E-state index is 11.9. The molecule has 1 N–H and O–H groups in total. The molecule has 25 heavy (non-hydrogen) atoms. The van der Waals surface area contributed by atoms with Gasteiger partial charge in [0.25, 0.3) is 0 Å². The molecular weight excluding hydrogens is 350 g/mol. The summed E-state index contributed by atoms with van der Waals surface area (Å²) in [7, 11) is 0. The van der Waals surface area contributed by atoms with E-state index in [-0.39, 0.29) is 5.91 Å². The highest BCUT2D eigenvalue weighted by molar-refractivity contribution is 7.98. The van der Waals surface area contributed by atoms with Gasteiger partial charge in [0.2, 0.25) is 5.91 Å². The topological polar surface area (TPSA) is 29.1 Å². The number of rotatable bonds is 9. The van der Waals surface area contributed by atoms with Gasteiger partial charge in [-0.3, -0.25) is 4.79 Å². The van der Waals surface area contributed by atoms with Crippen LogP contribution in [-0.2, 0) is 17.0 Å². The Morgan fingerprint density at radius 2 is 1.84 bits per heavy atom. The molecule has 0 heterocycles. The Morgan fingerprint density at radius 1 is 1.12 bits per heavy atom. The predicted molar refractivity (Wildman–Crippen MR) is 109 cm³/mol. The first kappa shape index (κ1) is 19.9. The Hall–Kier alpha value is -1.45. The highest BCUT2D eigenvalue weighted by atomic mass is 35.5. The van der Waals surface area contributed by atoms with Crippen LogP contribution in [0, 0.1) is 0 Å². The fourth-order valence-electron chi connectivity index (χ4n) is 2.48. The summed E-state index contributed by atoms with van der Waals surface area (Å²) in [6.45, 7) is 5.07. The Bertz CT molecular complexity index is 670. The fourth-order valence-corrected chi connectivity index (χ4v) is 3.62. The van der Waals surface area contributed by atoms with Crippen LogP contribution in [0.15, 0.2) is 48.5 Å². The number of benzene rings is 2. The van der Waals surface area contributed by atoms with Crippen molar-refractivity contribution in [1.29, 1.82) is 0 Å². The molecule has 0 spiro atoms. The summed E-state index contributed by atoms with van der Waals surface area (Å²) in [4.78, 5) is 11.9. The number of thioether (sulfide) groups is 1. The molecule has 0 aliphatic rings. The lowest BCUT2D eigenvalue weighted by Crippen LogP contribution is -2.25. The number of aryl methyl sites for hydroxylation is 1. The van der Waals surface area contributed by atoms with E-state index in [0.29, 0.717) is 18.9 Å². The molecule has 134 valence electrons. The molecule has 0 aromatic heterocycles. The second-order valence-electron chi connectivity index (χ2n) is 6.39. The van der Waals surface area contributed by atoms with Crippen LogP contribution >= 0.6 is 23.4 Å². The van der Waals surface area contributed by atoms with Crippen LogP contribution in [0.25, 0.3) is 0 Å². The number of nitrogens with one attached hydrogen (secondary N) is 1. The Morgan fingerprint density at radius 3 is 2.52 bits per heavy atom. The van der Waals surface area contributed by atoms with Gasteiger partial charge in [-0.05, 0) is 35.1 Å². The standard InChI is InChI=1S/C21H26ClNOS/c1-16(2)18-10-7-17(8-11-18)9-12-21(24)23-13-14-25-15-19-5-3-4-6-20(19)22/h3-8,10-11,16H,9,12-15H2,1-2H3,(H,23,24). The summed E-state index contributed by atoms with van der Waals surface area (Å²) in [6.07, 6.45) is 1.33. The molecule has 0 aliphatic carbocycles. The number of amides is 1. The molecule has 0 bridgehead atoms. The summed E-state index contributed by atoms with van der Waals surface area (Å²) < 4.78 is 0. The van der Waals surface area contributed by atoms with E-state index in [1.165, 1.54) is 11.1 Å². The molecule has 0 fully saturated rings. The fraction of sp³-hybridized carbons (Fsp3) is 0.381. The van der Waals surface area contributed by atoms with Crippen LogP contribution in [0.3, 0.4) is 0 Å². The highest BCUT2D eigenvalue weighted by Crippen LogP contribution is 2.20. The monoisotopic (exact) mass is 375 g/mol. The largest absolute Gasteiger partial charge is 0.355 e. The zero-order valence-corrected chi connectivity index (χ0v) is 16.5.